The molecule has 2 rings (SSSR count). The zero-order chi connectivity index (χ0) is 11.1. The fourth-order valence-electron chi connectivity index (χ4n) is 1.55. The second kappa shape index (κ2) is 3.25. The number of hydrogen-bond donors (Lipinski definition) is 0. The van der Waals surface area contributed by atoms with Crippen molar-refractivity contribution in [3.05, 3.63) is 29.3 Å². The molecular formula is C10H7F3O2. The van der Waals surface area contributed by atoms with Crippen LogP contribution in [0, 0.1) is 0 Å². The summed E-state index contributed by atoms with van der Waals surface area (Å²) in [6.45, 7) is 0.331. The predicted molar refractivity (Wildman–Crippen MR) is 46.0 cm³/mol. The Balaban J connectivity index is 2.46. The van der Waals surface area contributed by atoms with E-state index in [4.69, 9.17) is 4.74 Å². The Morgan fingerprint density at radius 1 is 1.33 bits per heavy atom. The molecule has 1 aliphatic rings. The number of halogens is 3. The Bertz CT molecular complexity index is 410. The van der Waals surface area contributed by atoms with Crippen LogP contribution in [0.25, 0.3) is 0 Å². The first-order valence-corrected chi connectivity index (χ1v) is 4.36. The largest absolute Gasteiger partial charge is 0.492 e. The summed E-state index contributed by atoms with van der Waals surface area (Å²) in [7, 11) is 0. The van der Waals surface area contributed by atoms with E-state index in [9.17, 15) is 18.0 Å². The zero-order valence-electron chi connectivity index (χ0n) is 7.60. The standard InChI is InChI=1S/C10H7F3O2/c11-10(12,13)9(14)7-3-1-2-6-4-5-15-8(6)7/h1-3H,4-5H2. The smallest absolute Gasteiger partial charge is 0.455 e. The number of carbonyl (C=O) groups excluding carboxylic acids is 1. The van der Waals surface area contributed by atoms with Crippen LogP contribution in [0.2, 0.25) is 0 Å². The summed E-state index contributed by atoms with van der Waals surface area (Å²) < 4.78 is 41.6. The molecule has 0 amide bonds. The second-order valence-corrected chi connectivity index (χ2v) is 3.22. The lowest BCUT2D eigenvalue weighted by Gasteiger charge is -2.08. The third-order valence-electron chi connectivity index (χ3n) is 2.22. The number of carbonyl (C=O) groups is 1. The fourth-order valence-corrected chi connectivity index (χ4v) is 1.55. The van der Waals surface area contributed by atoms with Crippen LogP contribution in [0.15, 0.2) is 18.2 Å². The normalized spacial score (nSPS) is 14.6. The minimum absolute atomic E-state index is 0.0832. The summed E-state index contributed by atoms with van der Waals surface area (Å²) in [6.07, 6.45) is -4.30. The maximum Gasteiger partial charge on any atom is 0.455 e. The lowest BCUT2D eigenvalue weighted by atomic mass is 10.0. The van der Waals surface area contributed by atoms with E-state index in [0.29, 0.717) is 18.6 Å². The predicted octanol–water partition coefficient (Wildman–Crippen LogP) is 2.37. The van der Waals surface area contributed by atoms with Crippen LogP contribution in [0.5, 0.6) is 5.75 Å². The van der Waals surface area contributed by atoms with Crippen molar-refractivity contribution in [1.29, 1.82) is 0 Å². The lowest BCUT2D eigenvalue weighted by Crippen LogP contribution is -2.23. The Morgan fingerprint density at radius 2 is 2.07 bits per heavy atom. The van der Waals surface area contributed by atoms with Crippen LogP contribution in [0.3, 0.4) is 0 Å². The first-order chi connectivity index (χ1) is 7.00. The highest BCUT2D eigenvalue weighted by molar-refractivity contribution is 6.03. The molecule has 0 fully saturated rings. The van der Waals surface area contributed by atoms with Gasteiger partial charge in [-0.25, -0.2) is 0 Å². The molecule has 0 spiro atoms. The molecule has 5 heteroatoms. The van der Waals surface area contributed by atoms with Crippen LogP contribution >= 0.6 is 0 Å². The molecule has 1 heterocycles. The van der Waals surface area contributed by atoms with Gasteiger partial charge in [-0.1, -0.05) is 12.1 Å². The van der Waals surface area contributed by atoms with Gasteiger partial charge in [0.1, 0.15) is 5.75 Å². The van der Waals surface area contributed by atoms with E-state index in [1.807, 2.05) is 0 Å². The van der Waals surface area contributed by atoms with Crippen LogP contribution in [0.4, 0.5) is 13.2 Å². The third-order valence-corrected chi connectivity index (χ3v) is 2.22. The molecule has 0 aliphatic carbocycles. The number of ketones is 1. The van der Waals surface area contributed by atoms with Gasteiger partial charge in [0.15, 0.2) is 0 Å². The van der Waals surface area contributed by atoms with Crippen molar-refractivity contribution in [1.82, 2.24) is 0 Å². The molecular weight excluding hydrogens is 209 g/mol. The molecule has 0 N–H and O–H groups in total. The molecule has 15 heavy (non-hydrogen) atoms. The maximum absolute atomic E-state index is 12.2. The summed E-state index contributed by atoms with van der Waals surface area (Å²) in [5.74, 6) is -1.76. The van der Waals surface area contributed by atoms with Gasteiger partial charge in [0.2, 0.25) is 0 Å². The van der Waals surface area contributed by atoms with Gasteiger partial charge in [0.05, 0.1) is 12.2 Å². The highest BCUT2D eigenvalue weighted by Gasteiger charge is 2.41. The monoisotopic (exact) mass is 216 g/mol. The van der Waals surface area contributed by atoms with E-state index < -0.39 is 17.5 Å². The molecule has 1 aromatic rings. The van der Waals surface area contributed by atoms with Crippen molar-refractivity contribution in [3.63, 3.8) is 0 Å². The van der Waals surface area contributed by atoms with Gasteiger partial charge in [-0.3, -0.25) is 4.79 Å². The first kappa shape index (κ1) is 10.0. The number of rotatable bonds is 1. The van der Waals surface area contributed by atoms with E-state index in [0.717, 1.165) is 6.07 Å². The van der Waals surface area contributed by atoms with Gasteiger partial charge in [-0.2, -0.15) is 13.2 Å². The van der Waals surface area contributed by atoms with E-state index in [1.54, 1.807) is 6.07 Å². The minimum atomic E-state index is -4.85. The van der Waals surface area contributed by atoms with Crippen LogP contribution in [-0.4, -0.2) is 18.6 Å². The van der Waals surface area contributed by atoms with E-state index in [-0.39, 0.29) is 5.75 Å². The van der Waals surface area contributed by atoms with Crippen molar-refractivity contribution in [2.75, 3.05) is 6.61 Å². The van der Waals surface area contributed by atoms with Crippen LogP contribution in [-0.2, 0) is 6.42 Å². The second-order valence-electron chi connectivity index (χ2n) is 3.22. The van der Waals surface area contributed by atoms with Gasteiger partial charge in [0.25, 0.3) is 5.78 Å². The summed E-state index contributed by atoms with van der Waals surface area (Å²) in [6, 6.07) is 4.24. The topological polar surface area (TPSA) is 26.3 Å². The van der Waals surface area contributed by atoms with Crippen molar-refractivity contribution in [2.24, 2.45) is 0 Å². The van der Waals surface area contributed by atoms with Gasteiger partial charge in [-0.05, 0) is 11.6 Å². The summed E-state index contributed by atoms with van der Waals surface area (Å²) in [5, 5.41) is 0. The minimum Gasteiger partial charge on any atom is -0.492 e. The number of benzene rings is 1. The Labute approximate surface area is 83.7 Å². The summed E-state index contributed by atoms with van der Waals surface area (Å²) in [5.41, 5.74) is 0.266. The molecule has 0 saturated heterocycles. The maximum atomic E-state index is 12.2. The van der Waals surface area contributed by atoms with E-state index in [2.05, 4.69) is 0 Å². The van der Waals surface area contributed by atoms with Gasteiger partial charge < -0.3 is 4.74 Å². The molecule has 1 aliphatic heterocycles. The number of fused-ring (bicyclic) bond motifs is 1. The molecule has 0 saturated carbocycles. The Hall–Kier alpha value is -1.52. The van der Waals surface area contributed by atoms with Gasteiger partial charge in [-0.15, -0.1) is 0 Å². The SMILES string of the molecule is O=C(c1cccc2c1OCC2)C(F)(F)F. The molecule has 0 unspecified atom stereocenters. The number of ether oxygens (including phenoxy) is 1. The third kappa shape index (κ3) is 1.69. The average molecular weight is 216 g/mol. The average Bonchev–Trinajstić information content (AvgIpc) is 2.62. The Morgan fingerprint density at radius 3 is 2.73 bits per heavy atom. The Kier molecular flexibility index (Phi) is 2.17. The first-order valence-electron chi connectivity index (χ1n) is 4.36. The van der Waals surface area contributed by atoms with Crippen molar-refractivity contribution < 1.29 is 22.7 Å². The van der Waals surface area contributed by atoms with Crippen molar-refractivity contribution in [3.8, 4) is 5.75 Å². The molecule has 0 bridgehead atoms. The van der Waals surface area contributed by atoms with Crippen molar-refractivity contribution in [2.45, 2.75) is 12.6 Å². The molecule has 2 nitrogen and oxygen atoms in total. The fraction of sp³-hybridized carbons (Fsp3) is 0.300. The number of para-hydroxylation sites is 1. The quantitative estimate of drug-likeness (QED) is 0.673. The number of alkyl halides is 3. The van der Waals surface area contributed by atoms with Gasteiger partial charge >= 0.3 is 6.18 Å². The van der Waals surface area contributed by atoms with Crippen LogP contribution in [0.1, 0.15) is 15.9 Å². The van der Waals surface area contributed by atoms with Crippen molar-refractivity contribution >= 4 is 5.78 Å². The lowest BCUT2D eigenvalue weighted by molar-refractivity contribution is -0.0886. The number of Topliss-reactive ketones (excluding diaryl/α,β-unsaturated/α-hetero) is 1. The zero-order valence-corrected chi connectivity index (χ0v) is 7.60. The molecule has 1 aromatic carbocycles. The molecule has 80 valence electrons. The summed E-state index contributed by atoms with van der Waals surface area (Å²) in [4.78, 5) is 11.0. The highest BCUT2D eigenvalue weighted by atomic mass is 19.4. The highest BCUT2D eigenvalue weighted by Crippen LogP contribution is 2.33. The summed E-state index contributed by atoms with van der Waals surface area (Å²) >= 11 is 0. The molecule has 0 atom stereocenters. The molecule has 0 aromatic heterocycles. The van der Waals surface area contributed by atoms with Crippen LogP contribution < -0.4 is 4.74 Å². The number of hydrogen-bond acceptors (Lipinski definition) is 2. The van der Waals surface area contributed by atoms with Gasteiger partial charge in [0, 0.05) is 6.42 Å². The van der Waals surface area contributed by atoms with E-state index in [1.165, 1.54) is 6.07 Å². The molecule has 0 radical (unpaired) electrons. The van der Waals surface area contributed by atoms with E-state index >= 15 is 0 Å².